The number of nitrogens with zero attached hydrogens (tertiary/aromatic N) is 4. The van der Waals surface area contributed by atoms with E-state index in [9.17, 15) is 4.79 Å². The number of pyridine rings is 1. The average molecular weight is 369 g/mol. The Morgan fingerprint density at radius 2 is 1.86 bits per heavy atom. The zero-order valence-electron chi connectivity index (χ0n) is 14.9. The molecule has 0 aliphatic carbocycles. The van der Waals surface area contributed by atoms with Gasteiger partial charge in [-0.25, -0.2) is 0 Å². The van der Waals surface area contributed by atoms with E-state index in [1.165, 1.54) is 0 Å². The Morgan fingerprint density at radius 1 is 1.00 bits per heavy atom. The Labute approximate surface area is 159 Å². The number of aromatic nitrogens is 6. The molecule has 2 aromatic carbocycles. The molecule has 0 radical (unpaired) electrons. The van der Waals surface area contributed by atoms with Crippen molar-refractivity contribution in [3.63, 3.8) is 0 Å². The van der Waals surface area contributed by atoms with Gasteiger partial charge in [-0.15, -0.1) is 0 Å². The summed E-state index contributed by atoms with van der Waals surface area (Å²) in [6.45, 7) is 1.86. The number of carbonyl (C=O) groups is 1. The molecule has 0 unspecified atom stereocenters. The zero-order valence-corrected chi connectivity index (χ0v) is 14.9. The van der Waals surface area contributed by atoms with Crippen LogP contribution in [0.1, 0.15) is 15.9 Å². The average Bonchev–Trinajstić information content (AvgIpc) is 3.36. The van der Waals surface area contributed by atoms with Gasteiger partial charge in [-0.1, -0.05) is 0 Å². The van der Waals surface area contributed by atoms with Crippen LogP contribution >= 0.6 is 0 Å². The number of rotatable bonds is 3. The van der Waals surface area contributed by atoms with E-state index in [0.29, 0.717) is 16.8 Å². The van der Waals surface area contributed by atoms with Gasteiger partial charge in [-0.3, -0.25) is 14.9 Å². The van der Waals surface area contributed by atoms with Crippen molar-refractivity contribution in [1.82, 2.24) is 30.6 Å². The summed E-state index contributed by atoms with van der Waals surface area (Å²) in [5.74, 6) is -0.198. The fourth-order valence-corrected chi connectivity index (χ4v) is 3.31. The first-order valence-corrected chi connectivity index (χ1v) is 8.70. The maximum Gasteiger partial charge on any atom is 0.256 e. The van der Waals surface area contributed by atoms with Crippen LogP contribution in [0.4, 0.5) is 5.69 Å². The van der Waals surface area contributed by atoms with E-state index in [2.05, 4.69) is 35.9 Å². The fourth-order valence-electron chi connectivity index (χ4n) is 3.31. The van der Waals surface area contributed by atoms with Crippen LogP contribution in [-0.2, 0) is 0 Å². The fraction of sp³-hybridized carbons (Fsp3) is 0.0500. The van der Waals surface area contributed by atoms with Crippen LogP contribution in [0.25, 0.3) is 33.2 Å². The molecular formula is C20H15N7O. The van der Waals surface area contributed by atoms with Crippen LogP contribution in [-0.4, -0.2) is 36.5 Å². The summed E-state index contributed by atoms with van der Waals surface area (Å²) in [5.41, 5.74) is 6.12. The minimum atomic E-state index is -0.198. The minimum Gasteiger partial charge on any atom is -0.322 e. The third-order valence-electron chi connectivity index (χ3n) is 4.76. The Morgan fingerprint density at radius 3 is 2.71 bits per heavy atom. The first-order valence-electron chi connectivity index (χ1n) is 8.70. The van der Waals surface area contributed by atoms with Gasteiger partial charge in [0.2, 0.25) is 0 Å². The maximum absolute atomic E-state index is 12.8. The molecule has 0 aliphatic rings. The molecule has 5 aromatic rings. The summed E-state index contributed by atoms with van der Waals surface area (Å²) < 4.78 is 0. The number of H-pyrrole nitrogens is 2. The summed E-state index contributed by atoms with van der Waals surface area (Å²) >= 11 is 0. The molecular weight excluding hydrogens is 354 g/mol. The highest BCUT2D eigenvalue weighted by atomic mass is 16.1. The monoisotopic (exact) mass is 369 g/mol. The van der Waals surface area contributed by atoms with Gasteiger partial charge < -0.3 is 5.32 Å². The molecule has 0 aliphatic heterocycles. The van der Waals surface area contributed by atoms with Crippen molar-refractivity contribution in [1.29, 1.82) is 0 Å². The molecule has 28 heavy (non-hydrogen) atoms. The Balaban J connectivity index is 1.51. The van der Waals surface area contributed by atoms with Gasteiger partial charge in [-0.2, -0.15) is 20.5 Å². The van der Waals surface area contributed by atoms with Crippen LogP contribution in [0.2, 0.25) is 0 Å². The van der Waals surface area contributed by atoms with Crippen molar-refractivity contribution in [3.05, 3.63) is 66.0 Å². The Bertz CT molecular complexity index is 1320. The normalized spacial score (nSPS) is 11.2. The van der Waals surface area contributed by atoms with Gasteiger partial charge in [0.05, 0.1) is 5.52 Å². The molecule has 0 fully saturated rings. The number of aromatic amines is 2. The standard InChI is InChI=1S/C20H15N7O/c1-11-14(3-5-17-18(11)26-27-24-17)20(28)22-13-2-4-16-15(10-13)19(25-23-16)12-6-8-21-9-7-12/h2-10H,1H3,(H,22,28)(H,23,25)(H,24,26,27). The van der Waals surface area contributed by atoms with E-state index in [0.717, 1.165) is 33.2 Å². The second-order valence-corrected chi connectivity index (χ2v) is 6.45. The molecule has 3 N–H and O–H groups in total. The Hall–Kier alpha value is -4.07. The van der Waals surface area contributed by atoms with Crippen molar-refractivity contribution in [3.8, 4) is 11.3 Å². The van der Waals surface area contributed by atoms with Crippen molar-refractivity contribution < 1.29 is 4.79 Å². The number of amides is 1. The predicted octanol–water partition coefficient (Wildman–Crippen LogP) is 3.46. The SMILES string of the molecule is Cc1c(C(=O)Nc2ccc3[nH]nc(-c4ccncc4)c3c2)ccc2n[nH]nc12. The summed E-state index contributed by atoms with van der Waals surface area (Å²) in [6, 6.07) is 13.0. The number of fused-ring (bicyclic) bond motifs is 2. The largest absolute Gasteiger partial charge is 0.322 e. The van der Waals surface area contributed by atoms with E-state index >= 15 is 0 Å². The number of anilines is 1. The smallest absolute Gasteiger partial charge is 0.256 e. The molecule has 8 heteroatoms. The van der Waals surface area contributed by atoms with Gasteiger partial charge in [0.1, 0.15) is 16.7 Å². The van der Waals surface area contributed by atoms with Crippen LogP contribution in [0, 0.1) is 6.92 Å². The summed E-state index contributed by atoms with van der Waals surface area (Å²) in [7, 11) is 0. The lowest BCUT2D eigenvalue weighted by atomic mass is 10.1. The van der Waals surface area contributed by atoms with Crippen molar-refractivity contribution >= 4 is 33.5 Å². The molecule has 0 saturated carbocycles. The highest BCUT2D eigenvalue weighted by molar-refractivity contribution is 6.08. The summed E-state index contributed by atoms with van der Waals surface area (Å²) in [6.07, 6.45) is 3.45. The van der Waals surface area contributed by atoms with Crippen LogP contribution < -0.4 is 5.32 Å². The summed E-state index contributed by atoms with van der Waals surface area (Å²) in [5, 5.41) is 22.1. The third kappa shape index (κ3) is 2.59. The van der Waals surface area contributed by atoms with Crippen LogP contribution in [0.15, 0.2) is 54.9 Å². The van der Waals surface area contributed by atoms with Crippen molar-refractivity contribution in [2.24, 2.45) is 0 Å². The number of hydrogen-bond acceptors (Lipinski definition) is 5. The van der Waals surface area contributed by atoms with Gasteiger partial charge in [0, 0.05) is 34.6 Å². The second-order valence-electron chi connectivity index (χ2n) is 6.45. The molecule has 0 bridgehead atoms. The van der Waals surface area contributed by atoms with E-state index in [1.54, 1.807) is 24.5 Å². The number of benzene rings is 2. The topological polar surface area (TPSA) is 112 Å². The zero-order chi connectivity index (χ0) is 19.1. The highest BCUT2D eigenvalue weighted by Crippen LogP contribution is 2.28. The van der Waals surface area contributed by atoms with Gasteiger partial charge in [-0.05, 0) is 55.0 Å². The molecule has 0 saturated heterocycles. The van der Waals surface area contributed by atoms with Gasteiger partial charge in [0.25, 0.3) is 5.91 Å². The lowest BCUT2D eigenvalue weighted by Gasteiger charge is -2.08. The van der Waals surface area contributed by atoms with Crippen molar-refractivity contribution in [2.75, 3.05) is 5.32 Å². The molecule has 1 amide bonds. The van der Waals surface area contributed by atoms with E-state index in [1.807, 2.05) is 37.3 Å². The van der Waals surface area contributed by atoms with Crippen LogP contribution in [0.3, 0.4) is 0 Å². The Kier molecular flexibility index (Phi) is 3.61. The molecule has 3 heterocycles. The number of carbonyl (C=O) groups excluding carboxylic acids is 1. The number of hydrogen-bond donors (Lipinski definition) is 3. The minimum absolute atomic E-state index is 0.198. The molecule has 0 spiro atoms. The summed E-state index contributed by atoms with van der Waals surface area (Å²) in [4.78, 5) is 16.9. The molecule has 5 rings (SSSR count). The van der Waals surface area contributed by atoms with Crippen molar-refractivity contribution in [2.45, 2.75) is 6.92 Å². The highest BCUT2D eigenvalue weighted by Gasteiger charge is 2.15. The van der Waals surface area contributed by atoms with E-state index < -0.39 is 0 Å². The van der Waals surface area contributed by atoms with Gasteiger partial charge >= 0.3 is 0 Å². The van der Waals surface area contributed by atoms with E-state index in [4.69, 9.17) is 0 Å². The molecule has 0 atom stereocenters. The first kappa shape index (κ1) is 16.1. The third-order valence-corrected chi connectivity index (χ3v) is 4.76. The second kappa shape index (κ2) is 6.27. The molecule has 3 aromatic heterocycles. The lowest BCUT2D eigenvalue weighted by molar-refractivity contribution is 0.102. The maximum atomic E-state index is 12.8. The molecule has 136 valence electrons. The van der Waals surface area contributed by atoms with E-state index in [-0.39, 0.29) is 5.91 Å². The first-order chi connectivity index (χ1) is 13.7. The quantitative estimate of drug-likeness (QED) is 0.451. The predicted molar refractivity (Wildman–Crippen MR) is 106 cm³/mol. The van der Waals surface area contributed by atoms with Crippen LogP contribution in [0.5, 0.6) is 0 Å². The number of nitrogens with one attached hydrogen (secondary N) is 3. The number of aryl methyl sites for hydroxylation is 1. The lowest BCUT2D eigenvalue weighted by Crippen LogP contribution is -2.13. The molecule has 8 nitrogen and oxygen atoms in total. The van der Waals surface area contributed by atoms with Gasteiger partial charge in [0.15, 0.2) is 0 Å².